The van der Waals surface area contributed by atoms with Crippen molar-refractivity contribution in [2.75, 3.05) is 14.1 Å². The molecule has 0 spiro atoms. The minimum absolute atomic E-state index is 1.01. The fourth-order valence-corrected chi connectivity index (χ4v) is 3.81. The first-order chi connectivity index (χ1) is 10.7. The van der Waals surface area contributed by atoms with E-state index < -0.39 is 0 Å². The molecule has 3 heterocycles. The average Bonchev–Trinajstić information content (AvgIpc) is 2.99. The van der Waals surface area contributed by atoms with E-state index in [4.69, 9.17) is 9.97 Å². The molecule has 0 amide bonds. The van der Waals surface area contributed by atoms with Gasteiger partial charge in [-0.3, -0.25) is 9.80 Å². The normalized spacial score (nSPS) is 18.3. The summed E-state index contributed by atoms with van der Waals surface area (Å²) in [7, 11) is 4.31. The van der Waals surface area contributed by atoms with Crippen molar-refractivity contribution in [2.24, 2.45) is 0 Å². The molecular weight excluding hydrogens is 272 g/mol. The van der Waals surface area contributed by atoms with E-state index in [-0.39, 0.29) is 0 Å². The molecule has 1 aromatic heterocycles. The Morgan fingerprint density at radius 1 is 0.591 bits per heavy atom. The van der Waals surface area contributed by atoms with Gasteiger partial charge in [0.25, 0.3) is 0 Å². The van der Waals surface area contributed by atoms with E-state index in [1.165, 1.54) is 22.3 Å². The molecule has 0 atom stereocenters. The van der Waals surface area contributed by atoms with Crippen molar-refractivity contribution < 1.29 is 0 Å². The first-order valence-electron chi connectivity index (χ1n) is 7.78. The Morgan fingerprint density at radius 3 is 1.14 bits per heavy atom. The van der Waals surface area contributed by atoms with E-state index in [2.05, 4.69) is 48.2 Å². The lowest BCUT2D eigenvalue weighted by Gasteiger charge is -2.06. The topological polar surface area (TPSA) is 32.3 Å². The molecule has 2 aliphatic heterocycles. The summed E-state index contributed by atoms with van der Waals surface area (Å²) in [6, 6.07) is 8.89. The number of rotatable bonds is 0. The van der Waals surface area contributed by atoms with Crippen LogP contribution < -0.4 is 0 Å². The van der Waals surface area contributed by atoms with Crippen molar-refractivity contribution in [1.29, 1.82) is 0 Å². The van der Waals surface area contributed by atoms with E-state index in [9.17, 15) is 0 Å². The third-order valence-corrected chi connectivity index (χ3v) is 4.84. The van der Waals surface area contributed by atoms with Crippen molar-refractivity contribution in [3.8, 4) is 0 Å². The van der Waals surface area contributed by atoms with Gasteiger partial charge in [-0.1, -0.05) is 0 Å². The van der Waals surface area contributed by atoms with Crippen LogP contribution in [0.1, 0.15) is 22.3 Å². The number of hydrogen-bond donors (Lipinski definition) is 0. The molecule has 0 saturated carbocycles. The molecule has 2 aliphatic rings. The maximum absolute atomic E-state index is 4.88. The highest BCUT2D eigenvalue weighted by atomic mass is 15.1. The van der Waals surface area contributed by atoms with Crippen LogP contribution in [0, 0.1) is 0 Å². The molecule has 0 unspecified atom stereocenters. The molecule has 0 radical (unpaired) electrons. The molecule has 3 aromatic rings. The summed E-state index contributed by atoms with van der Waals surface area (Å²) in [5.74, 6) is 0. The van der Waals surface area contributed by atoms with E-state index in [1.54, 1.807) is 0 Å². The molecule has 0 aliphatic carbocycles. The van der Waals surface area contributed by atoms with Crippen LogP contribution in [0.5, 0.6) is 0 Å². The number of nitrogens with zero attached hydrogens (tertiary/aromatic N) is 4. The Balaban J connectivity index is 1.75. The average molecular weight is 290 g/mol. The minimum Gasteiger partial charge on any atom is -0.298 e. The fourth-order valence-electron chi connectivity index (χ4n) is 3.81. The quantitative estimate of drug-likeness (QED) is 0.596. The molecule has 0 bridgehead atoms. The maximum atomic E-state index is 4.88. The standard InChI is InChI=1S/C18H18N4/c1-21-7-11-3-15-16(4-12(11)8-21)20-18-6-14-10-22(2)9-13(14)5-17(18)19-15/h3-6H,7-10H2,1-2H3. The summed E-state index contributed by atoms with van der Waals surface area (Å²) in [6.07, 6.45) is 0. The summed E-state index contributed by atoms with van der Waals surface area (Å²) in [5, 5.41) is 0. The van der Waals surface area contributed by atoms with Crippen LogP contribution in [0.2, 0.25) is 0 Å². The largest absolute Gasteiger partial charge is 0.298 e. The van der Waals surface area contributed by atoms with Gasteiger partial charge in [-0.2, -0.15) is 0 Å². The summed E-state index contributed by atoms with van der Waals surface area (Å²) < 4.78 is 0. The van der Waals surface area contributed by atoms with E-state index >= 15 is 0 Å². The predicted molar refractivity (Wildman–Crippen MR) is 87.4 cm³/mol. The zero-order valence-electron chi connectivity index (χ0n) is 12.9. The second kappa shape index (κ2) is 4.24. The molecule has 22 heavy (non-hydrogen) atoms. The minimum atomic E-state index is 1.01. The van der Waals surface area contributed by atoms with Gasteiger partial charge in [0.05, 0.1) is 22.1 Å². The summed E-state index contributed by atoms with van der Waals surface area (Å²) in [4.78, 5) is 14.4. The van der Waals surface area contributed by atoms with Crippen LogP contribution in [-0.2, 0) is 26.2 Å². The maximum Gasteiger partial charge on any atom is 0.0898 e. The van der Waals surface area contributed by atoms with Crippen LogP contribution in [0.25, 0.3) is 22.1 Å². The van der Waals surface area contributed by atoms with Gasteiger partial charge < -0.3 is 0 Å². The van der Waals surface area contributed by atoms with Crippen molar-refractivity contribution >= 4 is 22.1 Å². The lowest BCUT2D eigenvalue weighted by atomic mass is 10.1. The third-order valence-electron chi connectivity index (χ3n) is 4.84. The summed E-state index contributed by atoms with van der Waals surface area (Å²) in [6.45, 7) is 4.06. The lowest BCUT2D eigenvalue weighted by Crippen LogP contribution is -2.07. The number of fused-ring (bicyclic) bond motifs is 4. The second-order valence-electron chi connectivity index (χ2n) is 6.79. The fraction of sp³-hybridized carbons (Fsp3) is 0.333. The first-order valence-corrected chi connectivity index (χ1v) is 7.78. The van der Waals surface area contributed by atoms with Gasteiger partial charge in [-0.05, 0) is 60.6 Å². The highest BCUT2D eigenvalue weighted by molar-refractivity contribution is 5.88. The summed E-state index contributed by atoms with van der Waals surface area (Å²) >= 11 is 0. The van der Waals surface area contributed by atoms with Gasteiger partial charge >= 0.3 is 0 Å². The molecule has 0 fully saturated rings. The smallest absolute Gasteiger partial charge is 0.0898 e. The lowest BCUT2D eigenvalue weighted by molar-refractivity contribution is 0.353. The van der Waals surface area contributed by atoms with Crippen molar-refractivity contribution in [1.82, 2.24) is 19.8 Å². The Morgan fingerprint density at radius 2 is 0.864 bits per heavy atom. The zero-order chi connectivity index (χ0) is 14.8. The van der Waals surface area contributed by atoms with Crippen LogP contribution in [-0.4, -0.2) is 33.9 Å². The molecule has 4 heteroatoms. The van der Waals surface area contributed by atoms with Crippen LogP contribution in [0.4, 0.5) is 0 Å². The molecule has 5 rings (SSSR count). The van der Waals surface area contributed by atoms with E-state index in [1.807, 2.05) is 0 Å². The van der Waals surface area contributed by atoms with Gasteiger partial charge in [0.15, 0.2) is 0 Å². The van der Waals surface area contributed by atoms with Crippen LogP contribution >= 0.6 is 0 Å². The second-order valence-corrected chi connectivity index (χ2v) is 6.79. The number of benzene rings is 2. The van der Waals surface area contributed by atoms with Gasteiger partial charge in [0.2, 0.25) is 0 Å². The van der Waals surface area contributed by atoms with Gasteiger partial charge in [0, 0.05) is 26.2 Å². The summed E-state index contributed by atoms with van der Waals surface area (Å²) in [5.41, 5.74) is 9.66. The van der Waals surface area contributed by atoms with Crippen molar-refractivity contribution in [3.63, 3.8) is 0 Å². The predicted octanol–water partition coefficient (Wildman–Crippen LogP) is 2.67. The molecule has 4 nitrogen and oxygen atoms in total. The van der Waals surface area contributed by atoms with Crippen molar-refractivity contribution in [3.05, 3.63) is 46.5 Å². The number of hydrogen-bond acceptors (Lipinski definition) is 4. The first kappa shape index (κ1) is 12.5. The number of aromatic nitrogens is 2. The molecule has 110 valence electrons. The highest BCUT2D eigenvalue weighted by Gasteiger charge is 2.19. The van der Waals surface area contributed by atoms with Gasteiger partial charge in [-0.15, -0.1) is 0 Å². The van der Waals surface area contributed by atoms with Gasteiger partial charge in [-0.25, -0.2) is 9.97 Å². The highest BCUT2D eigenvalue weighted by Crippen LogP contribution is 2.29. The molecule has 2 aromatic carbocycles. The monoisotopic (exact) mass is 290 g/mol. The third kappa shape index (κ3) is 1.77. The molecule has 0 N–H and O–H groups in total. The Bertz CT molecular complexity index is 784. The van der Waals surface area contributed by atoms with Crippen LogP contribution in [0.15, 0.2) is 24.3 Å². The Labute approximate surface area is 129 Å². The SMILES string of the molecule is CN1Cc2cc3nc4cc5c(cc4nc3cc2C1)CN(C)C5. The Hall–Kier alpha value is -2.04. The Kier molecular flexibility index (Phi) is 2.41. The van der Waals surface area contributed by atoms with Crippen LogP contribution in [0.3, 0.4) is 0 Å². The van der Waals surface area contributed by atoms with E-state index in [0.717, 1.165) is 48.2 Å². The van der Waals surface area contributed by atoms with Gasteiger partial charge in [0.1, 0.15) is 0 Å². The molecular formula is C18H18N4. The zero-order valence-corrected chi connectivity index (χ0v) is 12.9. The molecule has 0 saturated heterocycles. The van der Waals surface area contributed by atoms with E-state index in [0.29, 0.717) is 0 Å². The van der Waals surface area contributed by atoms with Crippen molar-refractivity contribution in [2.45, 2.75) is 26.2 Å².